The van der Waals surface area contributed by atoms with Gasteiger partial charge in [0, 0.05) is 33.0 Å². The molecule has 1 N–H and O–H groups in total. The topological polar surface area (TPSA) is 49.4 Å². The zero-order chi connectivity index (χ0) is 13.1. The van der Waals surface area contributed by atoms with Crippen molar-refractivity contribution in [2.75, 3.05) is 20.6 Å². The minimum atomic E-state index is -0.167. The number of carbonyl (C=O) groups is 2. The lowest BCUT2D eigenvalue weighted by Gasteiger charge is -2.32. The van der Waals surface area contributed by atoms with Gasteiger partial charge in [0.15, 0.2) is 0 Å². The predicted octanol–water partition coefficient (Wildman–Crippen LogP) is 0.994. The molecule has 0 spiro atoms. The Balaban J connectivity index is 2.27. The Labute approximate surface area is 107 Å². The van der Waals surface area contributed by atoms with Crippen molar-refractivity contribution in [3.63, 3.8) is 0 Å². The molecule has 1 saturated heterocycles. The molecule has 4 nitrogen and oxygen atoms in total. The number of rotatable bonds is 2. The molecule has 2 unspecified atom stereocenters. The lowest BCUT2D eigenvalue weighted by Crippen LogP contribution is -2.46. The number of nitrogens with one attached hydrogen (secondary N) is 1. The Morgan fingerprint density at radius 1 is 1.28 bits per heavy atom. The molecular formula is C14H18N2O2. The van der Waals surface area contributed by atoms with Crippen LogP contribution in [0.15, 0.2) is 30.3 Å². The van der Waals surface area contributed by atoms with Gasteiger partial charge in [0.25, 0.3) is 0 Å². The molecule has 4 heteroatoms. The first kappa shape index (κ1) is 12.6. The van der Waals surface area contributed by atoms with Gasteiger partial charge in [-0.15, -0.1) is 0 Å². The van der Waals surface area contributed by atoms with E-state index in [1.54, 1.807) is 19.0 Å². The van der Waals surface area contributed by atoms with Crippen molar-refractivity contribution in [1.82, 2.24) is 10.2 Å². The summed E-state index contributed by atoms with van der Waals surface area (Å²) in [4.78, 5) is 25.3. The van der Waals surface area contributed by atoms with Gasteiger partial charge in [-0.25, -0.2) is 0 Å². The number of hydrogen-bond acceptors (Lipinski definition) is 2. The summed E-state index contributed by atoms with van der Waals surface area (Å²) in [5.74, 6) is -0.0922. The summed E-state index contributed by atoms with van der Waals surface area (Å²) in [7, 11) is 3.50. The third-order valence-corrected chi connectivity index (χ3v) is 3.40. The summed E-state index contributed by atoms with van der Waals surface area (Å²) in [6.45, 7) is 0.426. The zero-order valence-electron chi connectivity index (χ0n) is 10.7. The minimum absolute atomic E-state index is 0.0187. The summed E-state index contributed by atoms with van der Waals surface area (Å²) < 4.78 is 0. The van der Waals surface area contributed by atoms with Crippen LogP contribution in [0.4, 0.5) is 0 Å². The molecule has 0 aliphatic carbocycles. The fourth-order valence-electron chi connectivity index (χ4n) is 2.42. The highest BCUT2D eigenvalue weighted by atomic mass is 16.2. The van der Waals surface area contributed by atoms with E-state index in [0.29, 0.717) is 13.0 Å². The van der Waals surface area contributed by atoms with Gasteiger partial charge in [0.1, 0.15) is 0 Å². The van der Waals surface area contributed by atoms with E-state index in [4.69, 9.17) is 0 Å². The smallest absolute Gasteiger partial charge is 0.227 e. The molecule has 2 rings (SSSR count). The maximum Gasteiger partial charge on any atom is 0.227 e. The summed E-state index contributed by atoms with van der Waals surface area (Å²) >= 11 is 0. The van der Waals surface area contributed by atoms with Crippen LogP contribution in [-0.2, 0) is 9.59 Å². The number of carbonyl (C=O) groups excluding carboxylic acids is 2. The van der Waals surface area contributed by atoms with Crippen LogP contribution in [0, 0.1) is 5.92 Å². The zero-order valence-corrected chi connectivity index (χ0v) is 10.7. The normalized spacial score (nSPS) is 23.3. The highest BCUT2D eigenvalue weighted by molar-refractivity contribution is 5.85. The monoisotopic (exact) mass is 246 g/mol. The van der Waals surface area contributed by atoms with Crippen LogP contribution < -0.4 is 5.32 Å². The highest BCUT2D eigenvalue weighted by Gasteiger charge is 2.35. The third kappa shape index (κ3) is 2.53. The van der Waals surface area contributed by atoms with Gasteiger partial charge in [-0.3, -0.25) is 9.59 Å². The van der Waals surface area contributed by atoms with E-state index >= 15 is 0 Å². The Hall–Kier alpha value is -1.84. The SMILES string of the molecule is CN(C)C(=O)C1CNC(=O)CC1c1ccccc1. The second-order valence-corrected chi connectivity index (χ2v) is 4.86. The molecule has 0 bridgehead atoms. The average Bonchev–Trinajstić information content (AvgIpc) is 2.39. The van der Waals surface area contributed by atoms with Crippen LogP contribution >= 0.6 is 0 Å². The predicted molar refractivity (Wildman–Crippen MR) is 69.0 cm³/mol. The van der Waals surface area contributed by atoms with E-state index in [0.717, 1.165) is 5.56 Å². The van der Waals surface area contributed by atoms with Crippen LogP contribution in [-0.4, -0.2) is 37.4 Å². The van der Waals surface area contributed by atoms with Gasteiger partial charge in [-0.05, 0) is 5.56 Å². The van der Waals surface area contributed by atoms with Crippen LogP contribution in [0.5, 0.6) is 0 Å². The summed E-state index contributed by atoms with van der Waals surface area (Å²) in [5, 5.41) is 2.78. The second-order valence-electron chi connectivity index (χ2n) is 4.86. The lowest BCUT2D eigenvalue weighted by molar-refractivity contribution is -0.136. The molecule has 1 aliphatic heterocycles. The van der Waals surface area contributed by atoms with E-state index in [9.17, 15) is 9.59 Å². The van der Waals surface area contributed by atoms with Crippen molar-refractivity contribution < 1.29 is 9.59 Å². The molecule has 2 amide bonds. The average molecular weight is 246 g/mol. The van der Waals surface area contributed by atoms with Crippen molar-refractivity contribution in [3.05, 3.63) is 35.9 Å². The summed E-state index contributed by atoms with van der Waals surface area (Å²) in [6, 6.07) is 9.80. The molecular weight excluding hydrogens is 228 g/mol. The first-order chi connectivity index (χ1) is 8.59. The number of nitrogens with zero attached hydrogens (tertiary/aromatic N) is 1. The molecule has 1 aliphatic rings. The first-order valence-corrected chi connectivity index (χ1v) is 6.12. The summed E-state index contributed by atoms with van der Waals surface area (Å²) in [6.07, 6.45) is 0.383. The van der Waals surface area contributed by atoms with Crippen molar-refractivity contribution in [1.29, 1.82) is 0 Å². The Morgan fingerprint density at radius 2 is 1.94 bits per heavy atom. The maximum absolute atomic E-state index is 12.2. The standard InChI is InChI=1S/C14H18N2O2/c1-16(2)14(18)12-9-15-13(17)8-11(12)10-6-4-3-5-7-10/h3-7,11-12H,8-9H2,1-2H3,(H,15,17). The molecule has 1 aromatic carbocycles. The van der Waals surface area contributed by atoms with Crippen LogP contribution in [0.3, 0.4) is 0 Å². The van der Waals surface area contributed by atoms with Crippen LogP contribution in [0.25, 0.3) is 0 Å². The quantitative estimate of drug-likeness (QED) is 0.846. The van der Waals surface area contributed by atoms with Crippen molar-refractivity contribution in [2.45, 2.75) is 12.3 Å². The molecule has 0 aromatic heterocycles. The number of hydrogen-bond donors (Lipinski definition) is 1. The van der Waals surface area contributed by atoms with Gasteiger partial charge in [0.05, 0.1) is 5.92 Å². The van der Waals surface area contributed by atoms with E-state index in [2.05, 4.69) is 5.32 Å². The maximum atomic E-state index is 12.2. The minimum Gasteiger partial charge on any atom is -0.355 e. The first-order valence-electron chi connectivity index (χ1n) is 6.12. The fraction of sp³-hybridized carbons (Fsp3) is 0.429. The lowest BCUT2D eigenvalue weighted by atomic mass is 9.80. The van der Waals surface area contributed by atoms with Crippen LogP contribution in [0.1, 0.15) is 17.9 Å². The molecule has 2 atom stereocenters. The molecule has 1 aromatic rings. The van der Waals surface area contributed by atoms with Crippen molar-refractivity contribution in [2.24, 2.45) is 5.92 Å². The Morgan fingerprint density at radius 3 is 2.56 bits per heavy atom. The molecule has 18 heavy (non-hydrogen) atoms. The number of amides is 2. The molecule has 0 radical (unpaired) electrons. The van der Waals surface area contributed by atoms with Gasteiger partial charge in [-0.1, -0.05) is 30.3 Å². The molecule has 0 saturated carbocycles. The fourth-order valence-corrected chi connectivity index (χ4v) is 2.42. The van der Waals surface area contributed by atoms with Gasteiger partial charge in [-0.2, -0.15) is 0 Å². The molecule has 96 valence electrons. The van der Waals surface area contributed by atoms with E-state index in [1.807, 2.05) is 30.3 Å². The highest BCUT2D eigenvalue weighted by Crippen LogP contribution is 2.31. The van der Waals surface area contributed by atoms with E-state index in [1.165, 1.54) is 0 Å². The largest absolute Gasteiger partial charge is 0.355 e. The summed E-state index contributed by atoms with van der Waals surface area (Å²) in [5.41, 5.74) is 1.06. The van der Waals surface area contributed by atoms with E-state index < -0.39 is 0 Å². The molecule has 1 fully saturated rings. The number of piperidine rings is 1. The van der Waals surface area contributed by atoms with Gasteiger partial charge in [0.2, 0.25) is 11.8 Å². The van der Waals surface area contributed by atoms with Crippen molar-refractivity contribution >= 4 is 11.8 Å². The van der Waals surface area contributed by atoms with Gasteiger partial charge >= 0.3 is 0 Å². The van der Waals surface area contributed by atoms with E-state index in [-0.39, 0.29) is 23.7 Å². The Bertz CT molecular complexity index is 442. The number of benzene rings is 1. The second kappa shape index (κ2) is 5.21. The van der Waals surface area contributed by atoms with Crippen molar-refractivity contribution in [3.8, 4) is 0 Å². The van der Waals surface area contributed by atoms with Gasteiger partial charge < -0.3 is 10.2 Å². The molecule has 1 heterocycles. The van der Waals surface area contributed by atoms with Crippen LogP contribution in [0.2, 0.25) is 0 Å². The third-order valence-electron chi connectivity index (χ3n) is 3.40. The Kier molecular flexibility index (Phi) is 3.65.